The van der Waals surface area contributed by atoms with E-state index in [-0.39, 0.29) is 16.8 Å². The standard InChI is InChI=1S/C21H20N2O3S2/c1-12-6-2-4-8-14(12)23-19(24)17-13-7-3-5-9-15(13)27-18(17)22-21(23)28-16-10-11-26-20(16)25/h2,4,6,8,16H,3,5,7,9-11H2,1H3/t16-/m1/s1. The lowest BCUT2D eigenvalue weighted by molar-refractivity contribution is -0.137. The average molecular weight is 413 g/mol. The number of ether oxygens (including phenoxy) is 1. The summed E-state index contributed by atoms with van der Waals surface area (Å²) in [6.45, 7) is 2.42. The van der Waals surface area contributed by atoms with Crippen LogP contribution in [0.25, 0.3) is 15.9 Å². The topological polar surface area (TPSA) is 61.2 Å². The highest BCUT2D eigenvalue weighted by molar-refractivity contribution is 8.00. The molecule has 1 fully saturated rings. The molecule has 0 bridgehead atoms. The molecule has 0 N–H and O–H groups in total. The predicted molar refractivity (Wildman–Crippen MR) is 112 cm³/mol. The summed E-state index contributed by atoms with van der Waals surface area (Å²) in [6.07, 6.45) is 4.90. The number of benzene rings is 1. The third-order valence-electron chi connectivity index (χ3n) is 5.45. The molecular weight excluding hydrogens is 392 g/mol. The number of carbonyl (C=O) groups excluding carboxylic acids is 1. The van der Waals surface area contributed by atoms with Crippen LogP contribution < -0.4 is 5.56 Å². The summed E-state index contributed by atoms with van der Waals surface area (Å²) < 4.78 is 6.82. The summed E-state index contributed by atoms with van der Waals surface area (Å²) in [7, 11) is 0. The molecule has 0 radical (unpaired) electrons. The first-order valence-electron chi connectivity index (χ1n) is 9.60. The molecule has 3 aromatic rings. The fourth-order valence-electron chi connectivity index (χ4n) is 4.00. The van der Waals surface area contributed by atoms with Crippen molar-refractivity contribution >= 4 is 39.3 Å². The molecule has 2 aliphatic rings. The minimum atomic E-state index is -0.311. The number of thioether (sulfide) groups is 1. The van der Waals surface area contributed by atoms with Crippen LogP contribution in [0.4, 0.5) is 0 Å². The number of para-hydroxylation sites is 1. The van der Waals surface area contributed by atoms with Crippen LogP contribution >= 0.6 is 23.1 Å². The smallest absolute Gasteiger partial charge is 0.319 e. The van der Waals surface area contributed by atoms with E-state index >= 15 is 0 Å². The Morgan fingerprint density at radius 3 is 2.82 bits per heavy atom. The van der Waals surface area contributed by atoms with E-state index in [1.165, 1.54) is 28.6 Å². The first-order valence-corrected chi connectivity index (χ1v) is 11.3. The lowest BCUT2D eigenvalue weighted by Gasteiger charge is -2.16. The predicted octanol–water partition coefficient (Wildman–Crippen LogP) is 4.04. The number of nitrogens with zero attached hydrogens (tertiary/aromatic N) is 2. The average Bonchev–Trinajstić information content (AvgIpc) is 3.26. The van der Waals surface area contributed by atoms with Gasteiger partial charge in [-0.15, -0.1) is 11.3 Å². The van der Waals surface area contributed by atoms with E-state index in [1.54, 1.807) is 15.9 Å². The Kier molecular flexibility index (Phi) is 4.51. The van der Waals surface area contributed by atoms with E-state index in [0.29, 0.717) is 18.2 Å². The van der Waals surface area contributed by atoms with Gasteiger partial charge in [0.25, 0.3) is 5.56 Å². The van der Waals surface area contributed by atoms with Crippen LogP contribution in [-0.4, -0.2) is 27.4 Å². The molecule has 0 spiro atoms. The molecule has 3 heterocycles. The molecule has 1 aliphatic heterocycles. The fraction of sp³-hybridized carbons (Fsp3) is 0.381. The zero-order valence-electron chi connectivity index (χ0n) is 15.6. The molecule has 5 nitrogen and oxygen atoms in total. The normalized spacial score (nSPS) is 19.0. The summed E-state index contributed by atoms with van der Waals surface area (Å²) in [4.78, 5) is 32.7. The molecule has 0 unspecified atom stereocenters. The van der Waals surface area contributed by atoms with Gasteiger partial charge in [0, 0.05) is 11.3 Å². The van der Waals surface area contributed by atoms with Crippen molar-refractivity contribution in [3.63, 3.8) is 0 Å². The molecule has 28 heavy (non-hydrogen) atoms. The van der Waals surface area contributed by atoms with Gasteiger partial charge in [-0.25, -0.2) is 4.98 Å². The number of cyclic esters (lactones) is 1. The molecule has 5 rings (SSSR count). The van der Waals surface area contributed by atoms with E-state index in [1.807, 2.05) is 31.2 Å². The Labute approximate surface area is 170 Å². The SMILES string of the molecule is Cc1ccccc1-n1c(S[C@@H]2CCOC2=O)nc2sc3c(c2c1=O)CCCC3. The van der Waals surface area contributed by atoms with Crippen molar-refractivity contribution in [2.45, 2.75) is 49.4 Å². The number of aryl methyl sites for hydroxylation is 3. The third kappa shape index (κ3) is 2.88. The van der Waals surface area contributed by atoms with Crippen molar-refractivity contribution in [3.8, 4) is 5.69 Å². The largest absolute Gasteiger partial charge is 0.465 e. The fourth-order valence-corrected chi connectivity index (χ4v) is 6.38. The Bertz CT molecular complexity index is 1150. The van der Waals surface area contributed by atoms with Crippen molar-refractivity contribution in [1.82, 2.24) is 9.55 Å². The molecule has 1 aromatic carbocycles. The van der Waals surface area contributed by atoms with Crippen molar-refractivity contribution in [1.29, 1.82) is 0 Å². The van der Waals surface area contributed by atoms with Crippen LogP contribution in [0.3, 0.4) is 0 Å². The van der Waals surface area contributed by atoms with Gasteiger partial charge in [-0.2, -0.15) is 0 Å². The van der Waals surface area contributed by atoms with Crippen molar-refractivity contribution < 1.29 is 9.53 Å². The van der Waals surface area contributed by atoms with Crippen molar-refractivity contribution in [2.75, 3.05) is 6.61 Å². The maximum absolute atomic E-state index is 13.7. The number of hydrogen-bond acceptors (Lipinski definition) is 6. The highest BCUT2D eigenvalue weighted by Gasteiger charge is 2.31. The second-order valence-electron chi connectivity index (χ2n) is 7.28. The van der Waals surface area contributed by atoms with Crippen molar-refractivity contribution in [2.24, 2.45) is 0 Å². The Morgan fingerprint density at radius 1 is 1.21 bits per heavy atom. The van der Waals surface area contributed by atoms with Gasteiger partial charge < -0.3 is 4.74 Å². The molecule has 7 heteroatoms. The number of hydrogen-bond donors (Lipinski definition) is 0. The maximum Gasteiger partial charge on any atom is 0.319 e. The highest BCUT2D eigenvalue weighted by Crippen LogP contribution is 2.37. The molecule has 1 aliphatic carbocycles. The maximum atomic E-state index is 13.7. The second-order valence-corrected chi connectivity index (χ2v) is 9.53. The van der Waals surface area contributed by atoms with E-state index in [0.717, 1.165) is 40.7 Å². The van der Waals surface area contributed by atoms with Crippen LogP contribution in [0.15, 0.2) is 34.2 Å². The number of carbonyl (C=O) groups is 1. The zero-order chi connectivity index (χ0) is 19.3. The van der Waals surface area contributed by atoms with Gasteiger partial charge in [-0.3, -0.25) is 14.2 Å². The lowest BCUT2D eigenvalue weighted by atomic mass is 9.97. The van der Waals surface area contributed by atoms with Crippen LogP contribution in [0.2, 0.25) is 0 Å². The lowest BCUT2D eigenvalue weighted by Crippen LogP contribution is -2.24. The number of thiophene rings is 1. The van der Waals surface area contributed by atoms with Gasteiger partial charge in [-0.1, -0.05) is 30.0 Å². The van der Waals surface area contributed by atoms with Crippen LogP contribution in [0, 0.1) is 6.92 Å². The highest BCUT2D eigenvalue weighted by atomic mass is 32.2. The van der Waals surface area contributed by atoms with Crippen molar-refractivity contribution in [3.05, 3.63) is 50.6 Å². The zero-order valence-corrected chi connectivity index (χ0v) is 17.2. The molecule has 2 aromatic heterocycles. The minimum absolute atomic E-state index is 0.0208. The summed E-state index contributed by atoms with van der Waals surface area (Å²) in [5.74, 6) is -0.221. The van der Waals surface area contributed by atoms with Gasteiger partial charge in [0.15, 0.2) is 5.16 Å². The molecule has 0 saturated carbocycles. The van der Waals surface area contributed by atoms with E-state index < -0.39 is 0 Å². The summed E-state index contributed by atoms with van der Waals surface area (Å²) in [6, 6.07) is 7.83. The van der Waals surface area contributed by atoms with Gasteiger partial charge in [0.1, 0.15) is 10.1 Å². The van der Waals surface area contributed by atoms with E-state index in [9.17, 15) is 9.59 Å². The first-order chi connectivity index (χ1) is 13.6. The third-order valence-corrected chi connectivity index (χ3v) is 7.83. The summed E-state index contributed by atoms with van der Waals surface area (Å²) in [5, 5.41) is 1.03. The van der Waals surface area contributed by atoms with E-state index in [2.05, 4.69) is 0 Å². The number of rotatable bonds is 3. The Hall–Kier alpha value is -2.12. The Balaban J connectivity index is 1.77. The van der Waals surface area contributed by atoms with Gasteiger partial charge >= 0.3 is 5.97 Å². The Morgan fingerprint density at radius 2 is 2.04 bits per heavy atom. The first kappa shape index (κ1) is 17.9. The molecule has 144 valence electrons. The number of aromatic nitrogens is 2. The monoisotopic (exact) mass is 412 g/mol. The van der Waals surface area contributed by atoms with Gasteiger partial charge in [0.05, 0.1) is 17.7 Å². The molecule has 1 saturated heterocycles. The van der Waals surface area contributed by atoms with E-state index in [4.69, 9.17) is 9.72 Å². The van der Waals surface area contributed by atoms with Crippen LogP contribution in [0.5, 0.6) is 0 Å². The summed E-state index contributed by atoms with van der Waals surface area (Å²) in [5.41, 5.74) is 2.99. The van der Waals surface area contributed by atoms with Crippen LogP contribution in [0.1, 0.15) is 35.3 Å². The minimum Gasteiger partial charge on any atom is -0.465 e. The van der Waals surface area contributed by atoms with Gasteiger partial charge in [-0.05, 0) is 49.8 Å². The number of esters is 1. The van der Waals surface area contributed by atoms with Gasteiger partial charge in [0.2, 0.25) is 0 Å². The molecule has 0 amide bonds. The second kappa shape index (κ2) is 7.04. The quantitative estimate of drug-likeness (QED) is 0.480. The number of fused-ring (bicyclic) bond motifs is 3. The summed E-state index contributed by atoms with van der Waals surface area (Å²) >= 11 is 2.99. The molecular formula is C21H20N2O3S2. The van der Waals surface area contributed by atoms with Crippen LogP contribution in [-0.2, 0) is 22.4 Å². The molecule has 1 atom stereocenters.